The topological polar surface area (TPSA) is 108 Å². The highest BCUT2D eigenvalue weighted by molar-refractivity contribution is 5.88. The Labute approximate surface area is 148 Å². The van der Waals surface area contributed by atoms with Crippen molar-refractivity contribution in [3.8, 4) is 0 Å². The molecule has 3 fully saturated rings. The van der Waals surface area contributed by atoms with Crippen molar-refractivity contribution in [3.63, 3.8) is 0 Å². The molecule has 0 radical (unpaired) electrons. The number of rotatable bonds is 6. The third kappa shape index (κ3) is 4.51. The minimum atomic E-state index is -1.07. The van der Waals surface area contributed by atoms with Gasteiger partial charge in [-0.05, 0) is 37.6 Å². The fourth-order valence-electron chi connectivity index (χ4n) is 4.58. The number of nitrogens with one attached hydrogen (secondary N) is 3. The van der Waals surface area contributed by atoms with Gasteiger partial charge in [-0.25, -0.2) is 4.79 Å². The highest BCUT2D eigenvalue weighted by Crippen LogP contribution is 2.34. The lowest BCUT2D eigenvalue weighted by molar-refractivity contribution is -0.142. The Balaban J connectivity index is 1.51. The summed E-state index contributed by atoms with van der Waals surface area (Å²) in [5, 5.41) is 18.0. The quantitative estimate of drug-likeness (QED) is 0.562. The van der Waals surface area contributed by atoms with E-state index in [-0.39, 0.29) is 30.2 Å². The summed E-state index contributed by atoms with van der Waals surface area (Å²) in [6, 6.07) is -1.32. The summed E-state index contributed by atoms with van der Waals surface area (Å²) >= 11 is 0. The van der Waals surface area contributed by atoms with Gasteiger partial charge in [-0.2, -0.15) is 0 Å². The van der Waals surface area contributed by atoms with Crippen molar-refractivity contribution in [2.24, 2.45) is 17.8 Å². The molecular weight excluding hydrogens is 322 g/mol. The Morgan fingerprint density at radius 2 is 1.92 bits per heavy atom. The minimum Gasteiger partial charge on any atom is -0.480 e. The molecule has 1 saturated carbocycles. The maximum absolute atomic E-state index is 12.5. The Hall–Kier alpha value is -1.63. The molecular formula is C18H29N3O4. The molecule has 1 aliphatic carbocycles. The number of hydrogen-bond donors (Lipinski definition) is 4. The lowest BCUT2D eigenvalue weighted by Crippen LogP contribution is -2.49. The van der Waals surface area contributed by atoms with Gasteiger partial charge in [-0.1, -0.05) is 32.1 Å². The van der Waals surface area contributed by atoms with E-state index >= 15 is 0 Å². The predicted molar refractivity (Wildman–Crippen MR) is 91.8 cm³/mol. The molecule has 25 heavy (non-hydrogen) atoms. The van der Waals surface area contributed by atoms with E-state index in [1.54, 1.807) is 0 Å². The molecule has 140 valence electrons. The third-order valence-corrected chi connectivity index (χ3v) is 6.10. The van der Waals surface area contributed by atoms with Crippen LogP contribution in [0, 0.1) is 17.8 Å². The summed E-state index contributed by atoms with van der Waals surface area (Å²) in [6.45, 7) is 1.42. The number of carboxylic acids is 1. The zero-order valence-electron chi connectivity index (χ0n) is 14.6. The van der Waals surface area contributed by atoms with Gasteiger partial charge in [0.2, 0.25) is 11.8 Å². The largest absolute Gasteiger partial charge is 0.480 e. The monoisotopic (exact) mass is 351 g/mol. The van der Waals surface area contributed by atoms with Crippen LogP contribution in [0.15, 0.2) is 0 Å². The highest BCUT2D eigenvalue weighted by atomic mass is 16.4. The van der Waals surface area contributed by atoms with Crippen LogP contribution < -0.4 is 16.0 Å². The van der Waals surface area contributed by atoms with Gasteiger partial charge in [0.05, 0.1) is 6.04 Å². The van der Waals surface area contributed by atoms with Gasteiger partial charge in [-0.15, -0.1) is 0 Å². The summed E-state index contributed by atoms with van der Waals surface area (Å²) in [5.74, 6) is -0.555. The molecule has 7 heteroatoms. The Kier molecular flexibility index (Phi) is 5.93. The molecule has 2 aliphatic heterocycles. The molecule has 3 aliphatic rings. The summed E-state index contributed by atoms with van der Waals surface area (Å²) in [7, 11) is 0. The van der Waals surface area contributed by atoms with Gasteiger partial charge in [0, 0.05) is 12.5 Å². The second-order valence-corrected chi connectivity index (χ2v) is 7.77. The fraction of sp³-hybridized carbons (Fsp3) is 0.833. The smallest absolute Gasteiger partial charge is 0.326 e. The van der Waals surface area contributed by atoms with E-state index in [4.69, 9.17) is 0 Å². The molecule has 4 N–H and O–H groups in total. The maximum Gasteiger partial charge on any atom is 0.326 e. The van der Waals surface area contributed by atoms with Crippen LogP contribution in [-0.2, 0) is 14.4 Å². The van der Waals surface area contributed by atoms with E-state index in [1.165, 1.54) is 32.1 Å². The summed E-state index contributed by atoms with van der Waals surface area (Å²) in [4.78, 5) is 35.7. The molecule has 7 nitrogen and oxygen atoms in total. The molecule has 0 unspecified atom stereocenters. The van der Waals surface area contributed by atoms with E-state index < -0.39 is 12.0 Å². The maximum atomic E-state index is 12.5. The first kappa shape index (κ1) is 18.2. The van der Waals surface area contributed by atoms with Crippen molar-refractivity contribution in [1.82, 2.24) is 16.0 Å². The number of carboxylic acid groups (broad SMARTS) is 1. The lowest BCUT2D eigenvalue weighted by atomic mass is 9.79. The van der Waals surface area contributed by atoms with Crippen LogP contribution >= 0.6 is 0 Å². The molecule has 0 spiro atoms. The van der Waals surface area contributed by atoms with Crippen LogP contribution in [0.1, 0.15) is 51.4 Å². The van der Waals surface area contributed by atoms with Gasteiger partial charge in [-0.3, -0.25) is 9.59 Å². The average Bonchev–Trinajstić information content (AvgIpc) is 3.24. The van der Waals surface area contributed by atoms with E-state index in [0.717, 1.165) is 13.0 Å². The number of carbonyl (C=O) groups is 3. The van der Waals surface area contributed by atoms with Gasteiger partial charge in [0.15, 0.2) is 0 Å². The first-order valence-corrected chi connectivity index (χ1v) is 9.59. The Morgan fingerprint density at radius 1 is 1.16 bits per heavy atom. The van der Waals surface area contributed by atoms with Gasteiger partial charge >= 0.3 is 5.97 Å². The van der Waals surface area contributed by atoms with Crippen LogP contribution in [0.3, 0.4) is 0 Å². The average molecular weight is 351 g/mol. The molecule has 0 bridgehead atoms. The molecule has 2 saturated heterocycles. The zero-order chi connectivity index (χ0) is 17.8. The first-order chi connectivity index (χ1) is 12.0. The van der Waals surface area contributed by atoms with Crippen LogP contribution in [0.5, 0.6) is 0 Å². The van der Waals surface area contributed by atoms with Crippen molar-refractivity contribution in [2.75, 3.05) is 13.1 Å². The second-order valence-electron chi connectivity index (χ2n) is 7.77. The number of hydrogen-bond acceptors (Lipinski definition) is 4. The van der Waals surface area contributed by atoms with Crippen molar-refractivity contribution in [3.05, 3.63) is 0 Å². The van der Waals surface area contributed by atoms with Crippen LogP contribution in [-0.4, -0.2) is 48.1 Å². The van der Waals surface area contributed by atoms with Crippen molar-refractivity contribution in [2.45, 2.75) is 63.5 Å². The molecule has 0 aromatic rings. The molecule has 2 heterocycles. The fourth-order valence-corrected chi connectivity index (χ4v) is 4.58. The summed E-state index contributed by atoms with van der Waals surface area (Å²) in [6.07, 6.45) is 7.94. The van der Waals surface area contributed by atoms with E-state index in [9.17, 15) is 19.5 Å². The minimum absolute atomic E-state index is 0.114. The van der Waals surface area contributed by atoms with Crippen LogP contribution in [0.4, 0.5) is 0 Å². The van der Waals surface area contributed by atoms with E-state index in [0.29, 0.717) is 24.8 Å². The van der Waals surface area contributed by atoms with Crippen molar-refractivity contribution in [1.29, 1.82) is 0 Å². The zero-order valence-corrected chi connectivity index (χ0v) is 14.6. The first-order valence-electron chi connectivity index (χ1n) is 9.59. The van der Waals surface area contributed by atoms with E-state index in [1.807, 2.05) is 0 Å². The SMILES string of the molecule is O=C1NCC[C@H]1C[C@H](NC(=O)[C@@H]1C[C@@H](C2CCCCC2)CN1)C(=O)O. The van der Waals surface area contributed by atoms with Gasteiger partial charge in [0.1, 0.15) is 6.04 Å². The molecule has 2 amide bonds. The van der Waals surface area contributed by atoms with Gasteiger partial charge in [0.25, 0.3) is 0 Å². The van der Waals surface area contributed by atoms with E-state index in [2.05, 4.69) is 16.0 Å². The number of amides is 2. The normalized spacial score (nSPS) is 31.5. The van der Waals surface area contributed by atoms with Gasteiger partial charge < -0.3 is 21.1 Å². The molecule has 4 atom stereocenters. The standard InChI is InChI=1S/C18H29N3O4/c22-16-12(6-7-19-16)8-15(18(24)25)21-17(23)14-9-13(10-20-14)11-4-2-1-3-5-11/h11-15,20H,1-10H2,(H,19,22)(H,21,23)(H,24,25)/t12-,13+,14-,15-/m0/s1. The Morgan fingerprint density at radius 3 is 2.56 bits per heavy atom. The Bertz CT molecular complexity index is 518. The summed E-state index contributed by atoms with van der Waals surface area (Å²) < 4.78 is 0. The third-order valence-electron chi connectivity index (χ3n) is 6.10. The predicted octanol–water partition coefficient (Wildman–Crippen LogP) is 0.640. The molecule has 0 aromatic heterocycles. The number of aliphatic carboxylic acids is 1. The lowest BCUT2D eigenvalue weighted by Gasteiger charge is -2.26. The molecule has 3 rings (SSSR count). The van der Waals surface area contributed by atoms with Crippen molar-refractivity contribution >= 4 is 17.8 Å². The highest BCUT2D eigenvalue weighted by Gasteiger charge is 2.37. The second kappa shape index (κ2) is 8.17. The van der Waals surface area contributed by atoms with Crippen LogP contribution in [0.25, 0.3) is 0 Å². The molecule has 0 aromatic carbocycles. The van der Waals surface area contributed by atoms with Crippen LogP contribution in [0.2, 0.25) is 0 Å². The van der Waals surface area contributed by atoms with Crippen molar-refractivity contribution < 1.29 is 19.5 Å². The number of carbonyl (C=O) groups excluding carboxylic acids is 2. The summed E-state index contributed by atoms with van der Waals surface area (Å²) in [5.41, 5.74) is 0.